The van der Waals surface area contributed by atoms with Gasteiger partial charge in [-0.1, -0.05) is 6.92 Å². The van der Waals surface area contributed by atoms with E-state index in [0.29, 0.717) is 6.04 Å². The van der Waals surface area contributed by atoms with Crippen LogP contribution in [0.4, 0.5) is 0 Å². The van der Waals surface area contributed by atoms with Gasteiger partial charge in [0.15, 0.2) is 0 Å². The van der Waals surface area contributed by atoms with Gasteiger partial charge in [0.2, 0.25) is 0 Å². The Labute approximate surface area is 129 Å². The molecule has 2 fully saturated rings. The molecule has 0 saturated heterocycles. The van der Waals surface area contributed by atoms with Gasteiger partial charge in [-0.25, -0.2) is 0 Å². The molecule has 1 N–H and O–H groups in total. The molecule has 3 unspecified atom stereocenters. The second-order valence-electron chi connectivity index (χ2n) is 7.43. The van der Waals surface area contributed by atoms with E-state index < -0.39 is 5.54 Å². The van der Waals surface area contributed by atoms with Crippen LogP contribution >= 0.6 is 0 Å². The fourth-order valence-corrected chi connectivity index (χ4v) is 3.14. The van der Waals surface area contributed by atoms with E-state index in [9.17, 15) is 4.79 Å². The van der Waals surface area contributed by atoms with Gasteiger partial charge in [-0.05, 0) is 70.9 Å². The van der Waals surface area contributed by atoms with E-state index in [-0.39, 0.29) is 5.97 Å². The van der Waals surface area contributed by atoms with Gasteiger partial charge in [0.25, 0.3) is 0 Å². The number of carbonyl (C=O) groups excluding carboxylic acids is 1. The molecule has 2 aliphatic rings. The largest absolute Gasteiger partial charge is 0.468 e. The summed E-state index contributed by atoms with van der Waals surface area (Å²) in [6.45, 7) is 6.69. The monoisotopic (exact) mass is 296 g/mol. The lowest BCUT2D eigenvalue weighted by molar-refractivity contribution is -0.148. The highest BCUT2D eigenvalue weighted by molar-refractivity contribution is 5.80. The van der Waals surface area contributed by atoms with Crippen LogP contribution in [-0.2, 0) is 9.53 Å². The Hall–Kier alpha value is -0.610. The van der Waals surface area contributed by atoms with E-state index in [1.165, 1.54) is 32.9 Å². The molecule has 4 heteroatoms. The SMILES string of the molecule is COC(=O)C(C)(CCCCN(C)CC1CC1C)NC1CC1. The van der Waals surface area contributed by atoms with Crippen LogP contribution in [0.2, 0.25) is 0 Å². The van der Waals surface area contributed by atoms with Gasteiger partial charge in [-0.3, -0.25) is 10.1 Å². The van der Waals surface area contributed by atoms with Gasteiger partial charge >= 0.3 is 5.97 Å². The molecule has 0 amide bonds. The number of methoxy groups -OCH3 is 1. The van der Waals surface area contributed by atoms with E-state index in [2.05, 4.69) is 24.2 Å². The van der Waals surface area contributed by atoms with Crippen molar-refractivity contribution in [2.45, 2.75) is 64.0 Å². The summed E-state index contributed by atoms with van der Waals surface area (Å²) in [6, 6.07) is 0.521. The van der Waals surface area contributed by atoms with Crippen LogP contribution in [-0.4, -0.2) is 49.7 Å². The van der Waals surface area contributed by atoms with E-state index in [4.69, 9.17) is 4.74 Å². The molecule has 0 aliphatic heterocycles. The molecule has 2 aliphatic carbocycles. The Morgan fingerprint density at radius 2 is 2.05 bits per heavy atom. The lowest BCUT2D eigenvalue weighted by Crippen LogP contribution is -2.51. The first-order valence-corrected chi connectivity index (χ1v) is 8.49. The highest BCUT2D eigenvalue weighted by Gasteiger charge is 2.38. The van der Waals surface area contributed by atoms with E-state index >= 15 is 0 Å². The third kappa shape index (κ3) is 5.26. The zero-order chi connectivity index (χ0) is 15.5. The number of hydrogen-bond donors (Lipinski definition) is 1. The molecule has 2 saturated carbocycles. The highest BCUT2D eigenvalue weighted by Crippen LogP contribution is 2.38. The zero-order valence-corrected chi connectivity index (χ0v) is 14.2. The summed E-state index contributed by atoms with van der Waals surface area (Å²) in [5.74, 6) is 1.74. The topological polar surface area (TPSA) is 41.6 Å². The zero-order valence-electron chi connectivity index (χ0n) is 14.2. The molecule has 0 radical (unpaired) electrons. The molecule has 4 nitrogen and oxygen atoms in total. The molecular formula is C17H32N2O2. The van der Waals surface area contributed by atoms with Crippen molar-refractivity contribution in [1.82, 2.24) is 10.2 Å². The lowest BCUT2D eigenvalue weighted by atomic mass is 9.94. The molecular weight excluding hydrogens is 264 g/mol. The quantitative estimate of drug-likeness (QED) is 0.496. The molecule has 0 aromatic carbocycles. The number of rotatable bonds is 10. The normalized spacial score (nSPS) is 27.5. The summed E-state index contributed by atoms with van der Waals surface area (Å²) >= 11 is 0. The number of hydrogen-bond acceptors (Lipinski definition) is 4. The van der Waals surface area contributed by atoms with Gasteiger partial charge in [-0.2, -0.15) is 0 Å². The molecule has 21 heavy (non-hydrogen) atoms. The van der Waals surface area contributed by atoms with Crippen LogP contribution < -0.4 is 5.32 Å². The molecule has 0 spiro atoms. The second kappa shape index (κ2) is 7.10. The Morgan fingerprint density at radius 3 is 2.57 bits per heavy atom. The van der Waals surface area contributed by atoms with Crippen LogP contribution in [0.1, 0.15) is 52.4 Å². The fraction of sp³-hybridized carbons (Fsp3) is 0.941. The van der Waals surface area contributed by atoms with Gasteiger partial charge in [0.1, 0.15) is 5.54 Å². The summed E-state index contributed by atoms with van der Waals surface area (Å²) in [7, 11) is 3.70. The van der Waals surface area contributed by atoms with Crippen molar-refractivity contribution in [1.29, 1.82) is 0 Å². The average molecular weight is 296 g/mol. The summed E-state index contributed by atoms with van der Waals surface area (Å²) in [5, 5.41) is 3.47. The van der Waals surface area contributed by atoms with Gasteiger partial charge < -0.3 is 9.64 Å². The Kier molecular flexibility index (Phi) is 5.67. The molecule has 0 heterocycles. The summed E-state index contributed by atoms with van der Waals surface area (Å²) in [6.07, 6.45) is 6.86. The highest BCUT2D eigenvalue weighted by atomic mass is 16.5. The van der Waals surface area contributed by atoms with Crippen molar-refractivity contribution in [3.05, 3.63) is 0 Å². The van der Waals surface area contributed by atoms with Crippen LogP contribution in [0.15, 0.2) is 0 Å². The number of nitrogens with zero attached hydrogens (tertiary/aromatic N) is 1. The first kappa shape index (κ1) is 16.8. The van der Waals surface area contributed by atoms with E-state index in [0.717, 1.165) is 37.6 Å². The first-order valence-electron chi connectivity index (χ1n) is 8.49. The molecule has 0 aromatic heterocycles. The smallest absolute Gasteiger partial charge is 0.325 e. The molecule has 0 aromatic rings. The first-order chi connectivity index (χ1) is 9.94. The maximum absolute atomic E-state index is 12.0. The maximum atomic E-state index is 12.0. The fourth-order valence-electron chi connectivity index (χ4n) is 3.14. The minimum Gasteiger partial charge on any atom is -0.468 e. The van der Waals surface area contributed by atoms with Gasteiger partial charge in [0.05, 0.1) is 7.11 Å². The van der Waals surface area contributed by atoms with Crippen LogP contribution in [0.25, 0.3) is 0 Å². The standard InChI is InChI=1S/C17H32N2O2/c1-13-11-14(13)12-19(3)10-6-5-9-17(2,16(20)21-4)18-15-7-8-15/h13-15,18H,5-12H2,1-4H3. The number of unbranched alkanes of at least 4 members (excludes halogenated alkanes) is 1. The summed E-state index contributed by atoms with van der Waals surface area (Å²) in [4.78, 5) is 14.5. The van der Waals surface area contributed by atoms with E-state index in [1.54, 1.807) is 0 Å². The van der Waals surface area contributed by atoms with Crippen molar-refractivity contribution in [2.24, 2.45) is 11.8 Å². The van der Waals surface area contributed by atoms with Crippen molar-refractivity contribution in [3.63, 3.8) is 0 Å². The van der Waals surface area contributed by atoms with Crippen molar-refractivity contribution in [2.75, 3.05) is 27.2 Å². The van der Waals surface area contributed by atoms with Gasteiger partial charge in [0, 0.05) is 12.6 Å². The predicted molar refractivity (Wildman–Crippen MR) is 85.2 cm³/mol. The summed E-state index contributed by atoms with van der Waals surface area (Å²) < 4.78 is 4.98. The predicted octanol–water partition coefficient (Wildman–Crippen LogP) is 2.43. The van der Waals surface area contributed by atoms with Crippen LogP contribution in [0.5, 0.6) is 0 Å². The number of esters is 1. The average Bonchev–Trinajstić information content (AvgIpc) is 3.35. The van der Waals surface area contributed by atoms with Crippen LogP contribution in [0.3, 0.4) is 0 Å². The van der Waals surface area contributed by atoms with Crippen molar-refractivity contribution >= 4 is 5.97 Å². The number of ether oxygens (including phenoxy) is 1. The molecule has 122 valence electrons. The third-order valence-corrected chi connectivity index (χ3v) is 5.02. The Bertz CT molecular complexity index is 357. The Morgan fingerprint density at radius 1 is 1.38 bits per heavy atom. The minimum atomic E-state index is -0.501. The third-order valence-electron chi connectivity index (χ3n) is 5.02. The number of nitrogens with one attached hydrogen (secondary N) is 1. The van der Waals surface area contributed by atoms with Crippen LogP contribution in [0, 0.1) is 11.8 Å². The molecule has 0 bridgehead atoms. The van der Waals surface area contributed by atoms with Crippen molar-refractivity contribution < 1.29 is 9.53 Å². The van der Waals surface area contributed by atoms with Crippen molar-refractivity contribution in [3.8, 4) is 0 Å². The molecule has 2 rings (SSSR count). The summed E-state index contributed by atoms with van der Waals surface area (Å²) in [5.41, 5.74) is -0.501. The number of carbonyl (C=O) groups is 1. The molecule has 3 atom stereocenters. The lowest BCUT2D eigenvalue weighted by Gasteiger charge is -2.28. The Balaban J connectivity index is 1.65. The maximum Gasteiger partial charge on any atom is 0.325 e. The second-order valence-corrected chi connectivity index (χ2v) is 7.43. The van der Waals surface area contributed by atoms with Gasteiger partial charge in [-0.15, -0.1) is 0 Å². The minimum absolute atomic E-state index is 0.116. The van der Waals surface area contributed by atoms with E-state index in [1.807, 2.05) is 6.92 Å².